The lowest BCUT2D eigenvalue weighted by Gasteiger charge is -2.10. The molecule has 0 unspecified atom stereocenters. The largest absolute Gasteiger partial charge is 0.380 e. The van der Waals surface area contributed by atoms with E-state index in [-0.39, 0.29) is 0 Å². The second-order valence-electron chi connectivity index (χ2n) is 4.81. The number of ether oxygens (including phenoxy) is 1. The molecule has 6 heteroatoms. The maximum absolute atomic E-state index is 5.95. The molecule has 0 radical (unpaired) electrons. The van der Waals surface area contributed by atoms with Gasteiger partial charge in [0.1, 0.15) is 0 Å². The van der Waals surface area contributed by atoms with Crippen molar-refractivity contribution in [3.63, 3.8) is 0 Å². The van der Waals surface area contributed by atoms with Gasteiger partial charge in [-0.05, 0) is 12.5 Å². The molecule has 0 aliphatic rings. The third kappa shape index (κ3) is 4.82. The highest BCUT2D eigenvalue weighted by Crippen LogP contribution is 2.16. The van der Waals surface area contributed by atoms with Gasteiger partial charge in [0.15, 0.2) is 5.96 Å². The summed E-state index contributed by atoms with van der Waals surface area (Å²) < 4.78 is 5.17. The minimum absolute atomic E-state index is 0.413. The summed E-state index contributed by atoms with van der Waals surface area (Å²) in [6.45, 7) is 3.30. The molecule has 0 saturated heterocycles. The number of para-hydroxylation sites is 1. The van der Waals surface area contributed by atoms with E-state index in [4.69, 9.17) is 10.5 Å². The molecule has 0 spiro atoms. The highest BCUT2D eigenvalue weighted by atomic mass is 32.1. The summed E-state index contributed by atoms with van der Waals surface area (Å²) in [5.74, 6) is 0.413. The summed E-state index contributed by atoms with van der Waals surface area (Å²) in [4.78, 5) is 10.0. The average molecular weight is 318 g/mol. The van der Waals surface area contributed by atoms with Crippen LogP contribution in [0.25, 0.3) is 0 Å². The number of anilines is 1. The molecule has 2 rings (SSSR count). The van der Waals surface area contributed by atoms with Gasteiger partial charge < -0.3 is 15.8 Å². The maximum Gasteiger partial charge on any atom is 0.193 e. The van der Waals surface area contributed by atoms with E-state index in [0.717, 1.165) is 29.1 Å². The molecule has 0 atom stereocenters. The maximum atomic E-state index is 5.95. The summed E-state index contributed by atoms with van der Waals surface area (Å²) in [5.41, 5.74) is 7.92. The predicted octanol–water partition coefficient (Wildman–Crippen LogP) is 2.82. The Hall–Kier alpha value is -1.92. The van der Waals surface area contributed by atoms with Crippen LogP contribution in [0.5, 0.6) is 0 Å². The van der Waals surface area contributed by atoms with Crippen molar-refractivity contribution >= 4 is 23.0 Å². The molecule has 0 aliphatic carbocycles. The fraction of sp³-hybridized carbons (Fsp3) is 0.375. The number of thiazole rings is 1. The Morgan fingerprint density at radius 2 is 2.23 bits per heavy atom. The first-order valence-corrected chi connectivity index (χ1v) is 8.12. The molecule has 3 N–H and O–H groups in total. The van der Waals surface area contributed by atoms with Crippen LogP contribution in [0.1, 0.15) is 22.4 Å². The number of aliphatic imine (C=N–C) groups is 1. The smallest absolute Gasteiger partial charge is 0.193 e. The van der Waals surface area contributed by atoms with E-state index in [1.54, 1.807) is 18.4 Å². The number of aromatic nitrogens is 1. The van der Waals surface area contributed by atoms with Crippen LogP contribution >= 0.6 is 11.3 Å². The Balaban J connectivity index is 1.90. The fourth-order valence-corrected chi connectivity index (χ4v) is 2.85. The van der Waals surface area contributed by atoms with Gasteiger partial charge in [0.2, 0.25) is 0 Å². The van der Waals surface area contributed by atoms with Crippen molar-refractivity contribution in [1.82, 2.24) is 4.98 Å². The molecule has 1 aromatic carbocycles. The number of nitrogens with two attached hydrogens (primary N) is 1. The van der Waals surface area contributed by atoms with Crippen molar-refractivity contribution in [3.8, 4) is 0 Å². The van der Waals surface area contributed by atoms with E-state index in [0.29, 0.717) is 19.1 Å². The Morgan fingerprint density at radius 3 is 2.95 bits per heavy atom. The Labute approximate surface area is 135 Å². The minimum atomic E-state index is 0.413. The zero-order valence-corrected chi connectivity index (χ0v) is 13.8. The first kappa shape index (κ1) is 16.5. The summed E-state index contributed by atoms with van der Waals surface area (Å²) in [7, 11) is 1.67. The van der Waals surface area contributed by atoms with Crippen LogP contribution < -0.4 is 11.1 Å². The molecule has 118 valence electrons. The van der Waals surface area contributed by atoms with Gasteiger partial charge in [0.05, 0.1) is 11.6 Å². The van der Waals surface area contributed by atoms with Crippen LogP contribution in [-0.4, -0.2) is 24.6 Å². The zero-order valence-electron chi connectivity index (χ0n) is 13.0. The standard InChI is InChI=1S/C16H22N4OS/c1-3-13-10-19-15(22-13)8-9-18-16(17)20-14-7-5-4-6-12(14)11-21-2/h4-7,10H,3,8-9,11H2,1-2H3,(H3,17,18,20). The fourth-order valence-electron chi connectivity index (χ4n) is 2.00. The van der Waals surface area contributed by atoms with Crippen molar-refractivity contribution in [3.05, 3.63) is 45.9 Å². The quantitative estimate of drug-likeness (QED) is 0.608. The number of nitrogens with zero attached hydrogens (tertiary/aromatic N) is 2. The molecule has 1 aromatic heterocycles. The second-order valence-corrected chi connectivity index (χ2v) is 6.01. The predicted molar refractivity (Wildman–Crippen MR) is 92.5 cm³/mol. The van der Waals surface area contributed by atoms with Gasteiger partial charge in [-0.15, -0.1) is 11.3 Å². The van der Waals surface area contributed by atoms with E-state index >= 15 is 0 Å². The van der Waals surface area contributed by atoms with Crippen molar-refractivity contribution < 1.29 is 4.74 Å². The summed E-state index contributed by atoms with van der Waals surface area (Å²) in [6.07, 6.45) is 3.78. The number of benzene rings is 1. The van der Waals surface area contributed by atoms with Crippen LogP contribution in [0.2, 0.25) is 0 Å². The monoisotopic (exact) mass is 318 g/mol. The molecule has 22 heavy (non-hydrogen) atoms. The van der Waals surface area contributed by atoms with Gasteiger partial charge in [-0.1, -0.05) is 25.1 Å². The molecule has 0 aliphatic heterocycles. The zero-order chi connectivity index (χ0) is 15.8. The van der Waals surface area contributed by atoms with Gasteiger partial charge in [-0.25, -0.2) is 4.98 Å². The second kappa shape index (κ2) is 8.51. The number of rotatable bonds is 7. The van der Waals surface area contributed by atoms with Crippen LogP contribution in [0.15, 0.2) is 35.5 Å². The van der Waals surface area contributed by atoms with Gasteiger partial charge in [-0.2, -0.15) is 0 Å². The van der Waals surface area contributed by atoms with Gasteiger partial charge >= 0.3 is 0 Å². The van der Waals surface area contributed by atoms with E-state index in [9.17, 15) is 0 Å². The highest BCUT2D eigenvalue weighted by Gasteiger charge is 2.03. The number of nitrogens with one attached hydrogen (secondary N) is 1. The number of hydrogen-bond donors (Lipinski definition) is 2. The molecular weight excluding hydrogens is 296 g/mol. The SMILES string of the molecule is CCc1cnc(CCN=C(N)Nc2ccccc2COC)s1. The van der Waals surface area contributed by atoms with Crippen LogP contribution in [0.3, 0.4) is 0 Å². The van der Waals surface area contributed by atoms with Gasteiger partial charge in [0.25, 0.3) is 0 Å². The molecule has 1 heterocycles. The molecule has 0 bridgehead atoms. The van der Waals surface area contributed by atoms with Gasteiger partial charge in [0, 0.05) is 42.4 Å². The highest BCUT2D eigenvalue weighted by molar-refractivity contribution is 7.11. The molecule has 2 aromatic rings. The Morgan fingerprint density at radius 1 is 1.41 bits per heavy atom. The molecule has 0 amide bonds. The minimum Gasteiger partial charge on any atom is -0.380 e. The van der Waals surface area contributed by atoms with Crippen molar-refractivity contribution in [1.29, 1.82) is 0 Å². The lowest BCUT2D eigenvalue weighted by Crippen LogP contribution is -2.23. The third-order valence-corrected chi connectivity index (χ3v) is 4.34. The van der Waals surface area contributed by atoms with Gasteiger partial charge in [-0.3, -0.25) is 4.99 Å². The van der Waals surface area contributed by atoms with Crippen molar-refractivity contribution in [2.45, 2.75) is 26.4 Å². The van der Waals surface area contributed by atoms with Crippen LogP contribution in [0, 0.1) is 0 Å². The topological polar surface area (TPSA) is 72.5 Å². The lowest BCUT2D eigenvalue weighted by molar-refractivity contribution is 0.185. The van der Waals surface area contributed by atoms with E-state index in [1.807, 2.05) is 30.5 Å². The number of guanidine groups is 1. The summed E-state index contributed by atoms with van der Waals surface area (Å²) in [5, 5.41) is 4.23. The third-order valence-electron chi connectivity index (χ3n) is 3.14. The van der Waals surface area contributed by atoms with E-state index < -0.39 is 0 Å². The molecule has 0 fully saturated rings. The van der Waals surface area contributed by atoms with E-state index in [1.165, 1.54) is 4.88 Å². The first-order chi connectivity index (χ1) is 10.7. The normalized spacial score (nSPS) is 11.6. The Kier molecular flexibility index (Phi) is 6.36. The molecule has 0 saturated carbocycles. The van der Waals surface area contributed by atoms with E-state index in [2.05, 4.69) is 22.2 Å². The summed E-state index contributed by atoms with van der Waals surface area (Å²) >= 11 is 1.74. The number of methoxy groups -OCH3 is 1. The van der Waals surface area contributed by atoms with Crippen LogP contribution in [-0.2, 0) is 24.2 Å². The number of aryl methyl sites for hydroxylation is 1. The first-order valence-electron chi connectivity index (χ1n) is 7.30. The molecular formula is C16H22N4OS. The lowest BCUT2D eigenvalue weighted by atomic mass is 10.2. The Bertz CT molecular complexity index is 624. The molecule has 5 nitrogen and oxygen atoms in total. The average Bonchev–Trinajstić information content (AvgIpc) is 2.97. The number of hydrogen-bond acceptors (Lipinski definition) is 4. The van der Waals surface area contributed by atoms with Crippen molar-refractivity contribution in [2.24, 2.45) is 10.7 Å². The van der Waals surface area contributed by atoms with Crippen molar-refractivity contribution in [2.75, 3.05) is 19.0 Å². The van der Waals surface area contributed by atoms with Crippen LogP contribution in [0.4, 0.5) is 5.69 Å². The summed E-state index contributed by atoms with van der Waals surface area (Å²) in [6, 6.07) is 7.89.